The second kappa shape index (κ2) is 4.65. The van der Waals surface area contributed by atoms with Gasteiger partial charge in [-0.3, -0.25) is 0 Å². The number of hydrogen-bond donors (Lipinski definition) is 1. The first kappa shape index (κ1) is 11.3. The van der Waals surface area contributed by atoms with Crippen LogP contribution in [0.5, 0.6) is 0 Å². The second-order valence-corrected chi connectivity index (χ2v) is 4.05. The molecule has 0 aromatic carbocycles. The van der Waals surface area contributed by atoms with E-state index in [0.29, 0.717) is 6.04 Å². The van der Waals surface area contributed by atoms with Gasteiger partial charge in [0, 0.05) is 24.0 Å². The molecule has 1 aromatic heterocycles. The Morgan fingerprint density at radius 1 is 1.43 bits per heavy atom. The molecule has 0 spiro atoms. The SMILES string of the molecule is CC[C@@H](C)n1c(C)cc(CNC)c1C. The van der Waals surface area contributed by atoms with E-state index in [1.165, 1.54) is 23.4 Å². The number of aromatic nitrogens is 1. The van der Waals surface area contributed by atoms with Gasteiger partial charge in [0.25, 0.3) is 0 Å². The second-order valence-electron chi connectivity index (χ2n) is 4.05. The van der Waals surface area contributed by atoms with Crippen LogP contribution >= 0.6 is 0 Å². The maximum atomic E-state index is 3.21. The Bertz CT molecular complexity index is 300. The minimum atomic E-state index is 0.612. The zero-order valence-electron chi connectivity index (χ0n) is 10.0. The molecule has 0 fully saturated rings. The Labute approximate surface area is 87.3 Å². The summed E-state index contributed by atoms with van der Waals surface area (Å²) in [6, 6.07) is 2.90. The van der Waals surface area contributed by atoms with Crippen molar-refractivity contribution in [2.24, 2.45) is 0 Å². The molecule has 0 saturated heterocycles. The Kier molecular flexibility index (Phi) is 3.76. The third kappa shape index (κ3) is 2.01. The summed E-state index contributed by atoms with van der Waals surface area (Å²) in [7, 11) is 2.00. The molecule has 2 nitrogen and oxygen atoms in total. The van der Waals surface area contributed by atoms with Gasteiger partial charge in [-0.25, -0.2) is 0 Å². The Morgan fingerprint density at radius 3 is 2.57 bits per heavy atom. The maximum absolute atomic E-state index is 3.21. The number of hydrogen-bond acceptors (Lipinski definition) is 1. The summed E-state index contributed by atoms with van der Waals surface area (Å²) >= 11 is 0. The van der Waals surface area contributed by atoms with Crippen LogP contribution in [0.4, 0.5) is 0 Å². The van der Waals surface area contributed by atoms with Crippen LogP contribution < -0.4 is 5.32 Å². The van der Waals surface area contributed by atoms with Crippen molar-refractivity contribution >= 4 is 0 Å². The van der Waals surface area contributed by atoms with E-state index in [2.05, 4.69) is 43.6 Å². The monoisotopic (exact) mass is 194 g/mol. The molecule has 0 radical (unpaired) electrons. The molecule has 2 heteroatoms. The summed E-state index contributed by atoms with van der Waals surface area (Å²) < 4.78 is 2.44. The zero-order valence-corrected chi connectivity index (χ0v) is 10.0. The van der Waals surface area contributed by atoms with E-state index in [4.69, 9.17) is 0 Å². The third-order valence-electron chi connectivity index (χ3n) is 2.99. The lowest BCUT2D eigenvalue weighted by Gasteiger charge is -2.16. The predicted molar refractivity (Wildman–Crippen MR) is 61.7 cm³/mol. The van der Waals surface area contributed by atoms with Gasteiger partial charge in [0.05, 0.1) is 0 Å². The molecule has 14 heavy (non-hydrogen) atoms. The summed E-state index contributed by atoms with van der Waals surface area (Å²) in [5.41, 5.74) is 4.21. The quantitative estimate of drug-likeness (QED) is 0.780. The molecule has 1 atom stereocenters. The van der Waals surface area contributed by atoms with Crippen LogP contribution in [-0.2, 0) is 6.54 Å². The summed E-state index contributed by atoms with van der Waals surface area (Å²) in [5.74, 6) is 0. The summed E-state index contributed by atoms with van der Waals surface area (Å²) in [4.78, 5) is 0. The molecule has 1 aromatic rings. The van der Waals surface area contributed by atoms with Gasteiger partial charge < -0.3 is 9.88 Å². The molecule has 0 bridgehead atoms. The Balaban J connectivity index is 3.04. The van der Waals surface area contributed by atoms with E-state index in [0.717, 1.165) is 6.54 Å². The molecule has 1 heterocycles. The first-order valence-corrected chi connectivity index (χ1v) is 5.43. The summed E-state index contributed by atoms with van der Waals surface area (Å²) in [6.07, 6.45) is 1.19. The van der Waals surface area contributed by atoms with Crippen LogP contribution in [0, 0.1) is 13.8 Å². The van der Waals surface area contributed by atoms with Crippen LogP contribution in [-0.4, -0.2) is 11.6 Å². The van der Waals surface area contributed by atoms with Gasteiger partial charge in [-0.1, -0.05) is 6.92 Å². The number of nitrogens with zero attached hydrogens (tertiary/aromatic N) is 1. The fourth-order valence-corrected chi connectivity index (χ4v) is 2.08. The van der Waals surface area contributed by atoms with E-state index in [1.807, 2.05) is 7.05 Å². The molecule has 0 amide bonds. The van der Waals surface area contributed by atoms with E-state index in [1.54, 1.807) is 0 Å². The van der Waals surface area contributed by atoms with Gasteiger partial charge in [-0.2, -0.15) is 0 Å². The van der Waals surface area contributed by atoms with E-state index in [-0.39, 0.29) is 0 Å². The normalized spacial score (nSPS) is 13.2. The molecule has 1 N–H and O–H groups in total. The van der Waals surface area contributed by atoms with Gasteiger partial charge in [-0.15, -0.1) is 0 Å². The molecule has 0 aliphatic carbocycles. The molecule has 1 rings (SSSR count). The van der Waals surface area contributed by atoms with Crippen LogP contribution in [0.1, 0.15) is 43.3 Å². The molecule has 0 saturated carbocycles. The van der Waals surface area contributed by atoms with Crippen LogP contribution in [0.2, 0.25) is 0 Å². The zero-order chi connectivity index (χ0) is 10.7. The van der Waals surface area contributed by atoms with E-state index in [9.17, 15) is 0 Å². The molecule has 0 unspecified atom stereocenters. The number of rotatable bonds is 4. The summed E-state index contributed by atoms with van der Waals surface area (Å²) in [6.45, 7) is 9.89. The smallest absolute Gasteiger partial charge is 0.0305 e. The minimum Gasteiger partial charge on any atom is -0.346 e. The van der Waals surface area contributed by atoms with Crippen molar-refractivity contribution in [3.8, 4) is 0 Å². The Hall–Kier alpha value is -0.760. The van der Waals surface area contributed by atoms with Gasteiger partial charge in [0.2, 0.25) is 0 Å². The highest BCUT2D eigenvalue weighted by atomic mass is 15.0. The van der Waals surface area contributed by atoms with Crippen molar-refractivity contribution in [3.05, 3.63) is 23.0 Å². The van der Waals surface area contributed by atoms with Crippen molar-refractivity contribution in [2.45, 2.75) is 46.7 Å². The van der Waals surface area contributed by atoms with Crippen LogP contribution in [0.25, 0.3) is 0 Å². The third-order valence-corrected chi connectivity index (χ3v) is 2.99. The minimum absolute atomic E-state index is 0.612. The summed E-state index contributed by atoms with van der Waals surface area (Å²) in [5, 5.41) is 3.21. The topological polar surface area (TPSA) is 17.0 Å². The van der Waals surface area contributed by atoms with Gasteiger partial charge in [0.15, 0.2) is 0 Å². The molecule has 0 aliphatic heterocycles. The van der Waals surface area contributed by atoms with Crippen molar-refractivity contribution in [1.82, 2.24) is 9.88 Å². The first-order valence-electron chi connectivity index (χ1n) is 5.43. The van der Waals surface area contributed by atoms with Crippen molar-refractivity contribution in [1.29, 1.82) is 0 Å². The van der Waals surface area contributed by atoms with E-state index < -0.39 is 0 Å². The predicted octanol–water partition coefficient (Wildman–Crippen LogP) is 2.80. The average Bonchev–Trinajstić information content (AvgIpc) is 2.42. The lowest BCUT2D eigenvalue weighted by atomic mass is 10.2. The first-order chi connectivity index (χ1) is 6.61. The standard InChI is InChI=1S/C12H22N2/c1-6-9(2)14-10(3)7-12(8-13-5)11(14)4/h7,9,13H,6,8H2,1-5H3/t9-/m1/s1. The lowest BCUT2D eigenvalue weighted by Crippen LogP contribution is -2.10. The highest BCUT2D eigenvalue weighted by Crippen LogP contribution is 2.21. The van der Waals surface area contributed by atoms with Gasteiger partial charge in [0.1, 0.15) is 0 Å². The molecule has 80 valence electrons. The van der Waals surface area contributed by atoms with Gasteiger partial charge in [-0.05, 0) is 45.9 Å². The largest absolute Gasteiger partial charge is 0.346 e. The maximum Gasteiger partial charge on any atom is 0.0305 e. The molecule has 0 aliphatic rings. The molecular weight excluding hydrogens is 172 g/mol. The van der Waals surface area contributed by atoms with E-state index >= 15 is 0 Å². The molecular formula is C12H22N2. The van der Waals surface area contributed by atoms with Crippen molar-refractivity contribution < 1.29 is 0 Å². The van der Waals surface area contributed by atoms with Crippen molar-refractivity contribution in [3.63, 3.8) is 0 Å². The highest BCUT2D eigenvalue weighted by Gasteiger charge is 2.11. The fourth-order valence-electron chi connectivity index (χ4n) is 2.08. The highest BCUT2D eigenvalue weighted by molar-refractivity contribution is 5.27. The average molecular weight is 194 g/mol. The fraction of sp³-hybridized carbons (Fsp3) is 0.667. The lowest BCUT2D eigenvalue weighted by molar-refractivity contribution is 0.510. The van der Waals surface area contributed by atoms with Gasteiger partial charge >= 0.3 is 0 Å². The van der Waals surface area contributed by atoms with Crippen molar-refractivity contribution in [2.75, 3.05) is 7.05 Å². The van der Waals surface area contributed by atoms with Crippen LogP contribution in [0.3, 0.4) is 0 Å². The van der Waals surface area contributed by atoms with Crippen LogP contribution in [0.15, 0.2) is 6.07 Å². The Morgan fingerprint density at radius 2 is 2.07 bits per heavy atom. The number of aryl methyl sites for hydroxylation is 1. The number of nitrogens with one attached hydrogen (secondary N) is 1.